The summed E-state index contributed by atoms with van der Waals surface area (Å²) in [5.41, 5.74) is 1.34. The first kappa shape index (κ1) is 17.0. The maximum absolute atomic E-state index is 12.1. The summed E-state index contributed by atoms with van der Waals surface area (Å²) in [6.07, 6.45) is 2.76. The van der Waals surface area contributed by atoms with Crippen molar-refractivity contribution in [1.29, 1.82) is 0 Å². The molecule has 1 fully saturated rings. The number of thiophene rings is 1. The van der Waals surface area contributed by atoms with Gasteiger partial charge in [-0.2, -0.15) is 0 Å². The first-order valence-corrected chi connectivity index (χ1v) is 10.5. The van der Waals surface area contributed by atoms with Crippen molar-refractivity contribution >= 4 is 38.6 Å². The highest BCUT2D eigenvalue weighted by molar-refractivity contribution is 7.92. The second-order valence-electron chi connectivity index (χ2n) is 5.77. The topological polar surface area (TPSA) is 66.5 Å². The fraction of sp³-hybridized carbons (Fsp3) is 0.353. The second kappa shape index (κ2) is 7.36. The number of rotatable bonds is 5. The van der Waals surface area contributed by atoms with Crippen LogP contribution in [-0.4, -0.2) is 26.6 Å². The predicted molar refractivity (Wildman–Crippen MR) is 98.1 cm³/mol. The minimum absolute atomic E-state index is 0.0401. The van der Waals surface area contributed by atoms with Crippen molar-refractivity contribution in [3.05, 3.63) is 46.7 Å². The molecule has 3 rings (SSSR count). The maximum Gasteiger partial charge on any atom is 0.235 e. The van der Waals surface area contributed by atoms with Crippen LogP contribution < -0.4 is 9.62 Å². The van der Waals surface area contributed by atoms with Crippen LogP contribution >= 0.6 is 11.3 Å². The van der Waals surface area contributed by atoms with Crippen LogP contribution in [0.1, 0.15) is 24.1 Å². The van der Waals surface area contributed by atoms with Gasteiger partial charge < -0.3 is 5.32 Å². The molecule has 2 aromatic rings. The summed E-state index contributed by atoms with van der Waals surface area (Å²) in [6, 6.07) is 11.0. The molecule has 1 amide bonds. The normalized spacial score (nSPS) is 16.8. The molecular weight excluding hydrogens is 344 g/mol. The average Bonchev–Trinajstić information content (AvgIpc) is 3.07. The van der Waals surface area contributed by atoms with E-state index in [4.69, 9.17) is 0 Å². The molecule has 0 atom stereocenters. The number of amides is 1. The Bertz CT molecular complexity index is 784. The standard InChI is InChI=1S/C17H20N2O3S2/c20-17(10-9-16-4-3-12-23-16)18-14-5-7-15(8-6-14)19-11-1-2-13-24(19,21)22/h3-8,12H,1-2,9-11,13H2,(H,18,20). The zero-order valence-electron chi connectivity index (χ0n) is 13.3. The molecule has 128 valence electrons. The lowest BCUT2D eigenvalue weighted by Gasteiger charge is -2.28. The van der Waals surface area contributed by atoms with E-state index in [9.17, 15) is 13.2 Å². The number of anilines is 2. The van der Waals surface area contributed by atoms with Crippen LogP contribution in [0.3, 0.4) is 0 Å². The van der Waals surface area contributed by atoms with Crippen molar-refractivity contribution in [3.8, 4) is 0 Å². The van der Waals surface area contributed by atoms with Crippen LogP contribution in [0.5, 0.6) is 0 Å². The van der Waals surface area contributed by atoms with Gasteiger partial charge in [0.25, 0.3) is 0 Å². The third kappa shape index (κ3) is 4.15. The molecule has 1 aliphatic rings. The smallest absolute Gasteiger partial charge is 0.235 e. The fourth-order valence-corrected chi connectivity index (χ4v) is 5.05. The third-order valence-corrected chi connectivity index (χ3v) is 6.77. The molecule has 0 spiro atoms. The summed E-state index contributed by atoms with van der Waals surface area (Å²) in [7, 11) is -3.20. The number of nitrogens with zero attached hydrogens (tertiary/aromatic N) is 1. The average molecular weight is 364 g/mol. The lowest BCUT2D eigenvalue weighted by Crippen LogP contribution is -2.37. The van der Waals surface area contributed by atoms with Crippen LogP contribution in [0.2, 0.25) is 0 Å². The van der Waals surface area contributed by atoms with Gasteiger partial charge in [0.2, 0.25) is 15.9 Å². The van der Waals surface area contributed by atoms with E-state index >= 15 is 0 Å². The van der Waals surface area contributed by atoms with Gasteiger partial charge in [0.1, 0.15) is 0 Å². The van der Waals surface area contributed by atoms with E-state index in [0.717, 1.165) is 19.3 Å². The number of hydrogen-bond acceptors (Lipinski definition) is 4. The van der Waals surface area contributed by atoms with E-state index in [1.807, 2.05) is 17.5 Å². The van der Waals surface area contributed by atoms with Crippen molar-refractivity contribution in [2.45, 2.75) is 25.7 Å². The molecule has 7 heteroatoms. The number of nitrogens with one attached hydrogen (secondary N) is 1. The molecule has 0 bridgehead atoms. The number of carbonyl (C=O) groups is 1. The summed E-state index contributed by atoms with van der Waals surface area (Å²) in [6.45, 7) is 0.523. The molecule has 1 N–H and O–H groups in total. The molecule has 1 aliphatic heterocycles. The molecule has 0 saturated carbocycles. The van der Waals surface area contributed by atoms with E-state index < -0.39 is 10.0 Å². The SMILES string of the molecule is O=C(CCc1cccs1)Nc1ccc(N2CCCCS2(=O)=O)cc1. The van der Waals surface area contributed by atoms with Gasteiger partial charge in [-0.05, 0) is 55.0 Å². The van der Waals surface area contributed by atoms with Gasteiger partial charge in [-0.1, -0.05) is 6.07 Å². The molecule has 0 aliphatic carbocycles. The lowest BCUT2D eigenvalue weighted by molar-refractivity contribution is -0.116. The van der Waals surface area contributed by atoms with Gasteiger partial charge in [0.05, 0.1) is 11.4 Å². The molecule has 5 nitrogen and oxygen atoms in total. The Kier molecular flexibility index (Phi) is 5.20. The summed E-state index contributed by atoms with van der Waals surface area (Å²) >= 11 is 1.65. The molecule has 0 unspecified atom stereocenters. The van der Waals surface area contributed by atoms with Gasteiger partial charge in [0, 0.05) is 23.5 Å². The predicted octanol–water partition coefficient (Wildman–Crippen LogP) is 3.25. The first-order chi connectivity index (χ1) is 11.5. The molecule has 1 aromatic carbocycles. The molecular formula is C17H20N2O3S2. The highest BCUT2D eigenvalue weighted by Crippen LogP contribution is 2.25. The zero-order chi connectivity index (χ0) is 17.0. The Hall–Kier alpha value is -1.86. The fourth-order valence-electron chi connectivity index (χ4n) is 2.70. The first-order valence-electron chi connectivity index (χ1n) is 7.97. The van der Waals surface area contributed by atoms with Crippen molar-refractivity contribution < 1.29 is 13.2 Å². The number of sulfonamides is 1. The van der Waals surface area contributed by atoms with Crippen LogP contribution in [0.15, 0.2) is 41.8 Å². The summed E-state index contributed by atoms with van der Waals surface area (Å²) < 4.78 is 25.7. The Labute approximate surface area is 146 Å². The Morgan fingerprint density at radius 3 is 2.62 bits per heavy atom. The molecule has 1 saturated heterocycles. The Balaban J connectivity index is 1.59. The zero-order valence-corrected chi connectivity index (χ0v) is 14.9. The van der Waals surface area contributed by atoms with Gasteiger partial charge in [-0.3, -0.25) is 9.10 Å². The molecule has 24 heavy (non-hydrogen) atoms. The quantitative estimate of drug-likeness (QED) is 0.886. The molecule has 1 aromatic heterocycles. The highest BCUT2D eigenvalue weighted by Gasteiger charge is 2.25. The van der Waals surface area contributed by atoms with E-state index in [2.05, 4.69) is 5.32 Å². The summed E-state index contributed by atoms with van der Waals surface area (Å²) in [4.78, 5) is 13.2. The third-order valence-electron chi connectivity index (χ3n) is 3.97. The van der Waals surface area contributed by atoms with Gasteiger partial charge in [0.15, 0.2) is 0 Å². The molecule has 0 radical (unpaired) electrons. The lowest BCUT2D eigenvalue weighted by atomic mass is 10.2. The van der Waals surface area contributed by atoms with Crippen molar-refractivity contribution in [1.82, 2.24) is 0 Å². The van der Waals surface area contributed by atoms with Gasteiger partial charge in [-0.25, -0.2) is 8.42 Å². The largest absolute Gasteiger partial charge is 0.326 e. The minimum atomic E-state index is -3.20. The van der Waals surface area contributed by atoms with Crippen LogP contribution in [0.4, 0.5) is 11.4 Å². The number of hydrogen-bond donors (Lipinski definition) is 1. The van der Waals surface area contributed by atoms with Gasteiger partial charge in [-0.15, -0.1) is 11.3 Å². The second-order valence-corrected chi connectivity index (χ2v) is 8.81. The van der Waals surface area contributed by atoms with E-state index in [-0.39, 0.29) is 11.7 Å². The number of benzene rings is 1. The van der Waals surface area contributed by atoms with Crippen LogP contribution in [0.25, 0.3) is 0 Å². The summed E-state index contributed by atoms with van der Waals surface area (Å²) in [5.74, 6) is 0.163. The van der Waals surface area contributed by atoms with E-state index in [1.54, 1.807) is 35.6 Å². The van der Waals surface area contributed by atoms with Crippen molar-refractivity contribution in [2.75, 3.05) is 21.9 Å². The van der Waals surface area contributed by atoms with E-state index in [0.29, 0.717) is 24.3 Å². The molecule has 2 heterocycles. The number of carbonyl (C=O) groups excluding carboxylic acids is 1. The van der Waals surface area contributed by atoms with Crippen LogP contribution in [0, 0.1) is 0 Å². The van der Waals surface area contributed by atoms with Crippen molar-refractivity contribution in [3.63, 3.8) is 0 Å². The Morgan fingerprint density at radius 1 is 1.17 bits per heavy atom. The van der Waals surface area contributed by atoms with Crippen molar-refractivity contribution in [2.24, 2.45) is 0 Å². The highest BCUT2D eigenvalue weighted by atomic mass is 32.2. The minimum Gasteiger partial charge on any atom is -0.326 e. The monoisotopic (exact) mass is 364 g/mol. The summed E-state index contributed by atoms with van der Waals surface area (Å²) in [5, 5.41) is 4.85. The van der Waals surface area contributed by atoms with E-state index in [1.165, 1.54) is 9.18 Å². The Morgan fingerprint density at radius 2 is 1.96 bits per heavy atom. The number of aryl methyl sites for hydroxylation is 1. The maximum atomic E-state index is 12.1. The van der Waals surface area contributed by atoms with Crippen LogP contribution in [-0.2, 0) is 21.2 Å². The van der Waals surface area contributed by atoms with Gasteiger partial charge >= 0.3 is 0 Å².